The molecule has 0 unspecified atom stereocenters. The van der Waals surface area contributed by atoms with E-state index < -0.39 is 15.5 Å². The van der Waals surface area contributed by atoms with Crippen molar-refractivity contribution in [3.05, 3.63) is 34.2 Å². The van der Waals surface area contributed by atoms with Gasteiger partial charge in [-0.2, -0.15) is 13.2 Å². The molecule has 0 fully saturated rings. The zero-order valence-electron chi connectivity index (χ0n) is 13.9. The summed E-state index contributed by atoms with van der Waals surface area (Å²) in [6.07, 6.45) is 1.24. The molecule has 0 aliphatic heterocycles. The quantitative estimate of drug-likeness (QED) is 0.626. The van der Waals surface area contributed by atoms with Crippen molar-refractivity contribution in [3.8, 4) is 0 Å². The molecule has 26 heavy (non-hydrogen) atoms. The van der Waals surface area contributed by atoms with Crippen LogP contribution in [-0.2, 0) is 16.6 Å². The third-order valence-corrected chi connectivity index (χ3v) is 5.36. The normalized spacial score (nSPS) is 13.2. The Morgan fingerprint density at radius 3 is 2.62 bits per heavy atom. The first-order valence-electron chi connectivity index (χ1n) is 7.99. The van der Waals surface area contributed by atoms with E-state index in [9.17, 15) is 26.4 Å². The molecule has 0 atom stereocenters. The maximum atomic E-state index is 12.5. The van der Waals surface area contributed by atoms with Crippen molar-refractivity contribution < 1.29 is 21.6 Å². The van der Waals surface area contributed by atoms with E-state index in [-0.39, 0.29) is 18.5 Å². The highest BCUT2D eigenvalue weighted by Gasteiger charge is 2.45. The number of rotatable bonds is 7. The SMILES string of the molecule is Cc1nc2cccc3c(=O)n(CCCCCNS(=O)(=O)C(F)(F)F)c1n23. The van der Waals surface area contributed by atoms with Crippen LogP contribution in [0.4, 0.5) is 13.2 Å². The zero-order valence-corrected chi connectivity index (χ0v) is 14.7. The molecule has 0 bridgehead atoms. The minimum atomic E-state index is -5.30. The van der Waals surface area contributed by atoms with Crippen LogP contribution in [0.5, 0.6) is 0 Å². The number of alkyl halides is 3. The number of aryl methyl sites for hydroxylation is 2. The lowest BCUT2D eigenvalue weighted by molar-refractivity contribution is -0.0447. The molecule has 0 saturated carbocycles. The summed E-state index contributed by atoms with van der Waals surface area (Å²) < 4.78 is 63.3. The summed E-state index contributed by atoms with van der Waals surface area (Å²) >= 11 is 0. The number of hydrogen-bond donors (Lipinski definition) is 1. The van der Waals surface area contributed by atoms with E-state index in [0.29, 0.717) is 36.2 Å². The Kier molecular flexibility index (Phi) is 4.69. The summed E-state index contributed by atoms with van der Waals surface area (Å²) in [4.78, 5) is 16.9. The summed E-state index contributed by atoms with van der Waals surface area (Å²) in [7, 11) is -5.30. The van der Waals surface area contributed by atoms with Gasteiger partial charge in [-0.15, -0.1) is 0 Å². The maximum Gasteiger partial charge on any atom is 0.511 e. The van der Waals surface area contributed by atoms with Gasteiger partial charge in [-0.25, -0.2) is 18.1 Å². The molecule has 0 aromatic carbocycles. The third kappa shape index (κ3) is 3.16. The predicted molar refractivity (Wildman–Crippen MR) is 89.7 cm³/mol. The van der Waals surface area contributed by atoms with Crippen LogP contribution in [0.3, 0.4) is 0 Å². The molecule has 7 nitrogen and oxygen atoms in total. The number of halogens is 3. The van der Waals surface area contributed by atoms with Gasteiger partial charge in [0.1, 0.15) is 16.8 Å². The Morgan fingerprint density at radius 2 is 1.92 bits per heavy atom. The highest BCUT2D eigenvalue weighted by Crippen LogP contribution is 2.21. The molecule has 11 heteroatoms. The van der Waals surface area contributed by atoms with Crippen LogP contribution >= 0.6 is 0 Å². The van der Waals surface area contributed by atoms with Crippen molar-refractivity contribution in [2.75, 3.05) is 6.54 Å². The molecule has 0 aliphatic rings. The molecule has 3 rings (SSSR count). The van der Waals surface area contributed by atoms with Gasteiger partial charge in [-0.1, -0.05) is 12.5 Å². The van der Waals surface area contributed by atoms with Crippen molar-refractivity contribution in [2.24, 2.45) is 0 Å². The lowest BCUT2D eigenvalue weighted by Crippen LogP contribution is -2.36. The largest absolute Gasteiger partial charge is 0.511 e. The van der Waals surface area contributed by atoms with E-state index in [1.807, 2.05) is 13.0 Å². The second kappa shape index (κ2) is 6.54. The summed E-state index contributed by atoms with van der Waals surface area (Å²) in [6, 6.07) is 5.28. The number of nitrogens with one attached hydrogen (secondary N) is 1. The number of unbranched alkanes of at least 4 members (excludes halogenated alkanes) is 2. The van der Waals surface area contributed by atoms with Crippen LogP contribution in [0.1, 0.15) is 25.0 Å². The fourth-order valence-corrected chi connectivity index (χ4v) is 3.55. The fourth-order valence-electron chi connectivity index (χ4n) is 2.98. The van der Waals surface area contributed by atoms with Crippen molar-refractivity contribution in [2.45, 2.75) is 38.2 Å². The predicted octanol–water partition coefficient (Wildman–Crippen LogP) is 2.00. The van der Waals surface area contributed by atoms with Crippen LogP contribution in [-0.4, -0.2) is 34.4 Å². The minimum Gasteiger partial charge on any atom is -0.291 e. The lowest BCUT2D eigenvalue weighted by atomic mass is 10.2. The van der Waals surface area contributed by atoms with Gasteiger partial charge in [0.2, 0.25) is 0 Å². The third-order valence-electron chi connectivity index (χ3n) is 4.16. The molecule has 3 aromatic heterocycles. The number of pyridine rings is 1. The van der Waals surface area contributed by atoms with E-state index in [1.165, 1.54) is 4.72 Å². The van der Waals surface area contributed by atoms with E-state index >= 15 is 0 Å². The highest BCUT2D eigenvalue weighted by atomic mass is 32.2. The van der Waals surface area contributed by atoms with Gasteiger partial charge >= 0.3 is 15.5 Å². The Balaban J connectivity index is 1.62. The molecular weight excluding hydrogens is 373 g/mol. The molecule has 0 amide bonds. The van der Waals surface area contributed by atoms with Gasteiger partial charge in [0.15, 0.2) is 0 Å². The Hall–Kier alpha value is -2.14. The molecule has 0 aliphatic carbocycles. The van der Waals surface area contributed by atoms with Gasteiger partial charge in [0.25, 0.3) is 5.56 Å². The Bertz CT molecular complexity index is 1090. The molecule has 0 saturated heterocycles. The van der Waals surface area contributed by atoms with Gasteiger partial charge < -0.3 is 0 Å². The topological polar surface area (TPSA) is 85.5 Å². The van der Waals surface area contributed by atoms with E-state index in [2.05, 4.69) is 4.98 Å². The summed E-state index contributed by atoms with van der Waals surface area (Å²) in [6.45, 7) is 1.89. The van der Waals surface area contributed by atoms with E-state index in [0.717, 1.165) is 5.69 Å². The first-order chi connectivity index (χ1) is 12.1. The van der Waals surface area contributed by atoms with Crippen molar-refractivity contribution in [1.82, 2.24) is 18.7 Å². The second-order valence-corrected chi connectivity index (χ2v) is 7.74. The molecule has 142 valence electrons. The molecule has 1 N–H and O–H groups in total. The highest BCUT2D eigenvalue weighted by molar-refractivity contribution is 7.90. The summed E-state index contributed by atoms with van der Waals surface area (Å²) in [5.41, 5.74) is -2.80. The summed E-state index contributed by atoms with van der Waals surface area (Å²) in [5.74, 6) is 0. The number of imidazole rings is 2. The van der Waals surface area contributed by atoms with Crippen LogP contribution in [0.2, 0.25) is 0 Å². The van der Waals surface area contributed by atoms with Crippen LogP contribution in [0.15, 0.2) is 23.0 Å². The Labute approximate surface area is 146 Å². The van der Waals surface area contributed by atoms with Gasteiger partial charge in [-0.05, 0) is 31.9 Å². The number of aromatic nitrogens is 3. The molecular formula is C15H17F3N4O3S. The average molecular weight is 390 g/mol. The van der Waals surface area contributed by atoms with Crippen LogP contribution < -0.4 is 10.3 Å². The smallest absolute Gasteiger partial charge is 0.291 e. The second-order valence-electron chi connectivity index (χ2n) is 5.99. The molecule has 0 radical (unpaired) electrons. The van der Waals surface area contributed by atoms with Crippen molar-refractivity contribution in [1.29, 1.82) is 0 Å². The number of nitrogens with zero attached hydrogens (tertiary/aromatic N) is 3. The van der Waals surface area contributed by atoms with Crippen molar-refractivity contribution in [3.63, 3.8) is 0 Å². The monoisotopic (exact) mass is 390 g/mol. The van der Waals surface area contributed by atoms with Crippen molar-refractivity contribution >= 4 is 26.8 Å². The zero-order chi connectivity index (χ0) is 19.1. The van der Waals surface area contributed by atoms with Crippen LogP contribution in [0.25, 0.3) is 16.8 Å². The first-order valence-corrected chi connectivity index (χ1v) is 9.47. The average Bonchev–Trinajstić information content (AvgIpc) is 3.02. The first kappa shape index (κ1) is 18.6. The molecule has 3 aromatic rings. The summed E-state index contributed by atoms with van der Waals surface area (Å²) in [5, 5.41) is 0. The standard InChI is InChI=1S/C15H17F3N4O3S/c1-10-13-21(14(23)11-6-5-7-12(20-10)22(11)13)9-4-2-3-8-19-26(24,25)15(16,17)18/h5-7,19H,2-4,8-9H2,1H3. The van der Waals surface area contributed by atoms with Gasteiger partial charge in [-0.3, -0.25) is 13.8 Å². The maximum absolute atomic E-state index is 12.5. The van der Waals surface area contributed by atoms with E-state index in [4.69, 9.17) is 0 Å². The minimum absolute atomic E-state index is 0.145. The molecule has 3 heterocycles. The van der Waals surface area contributed by atoms with Crippen LogP contribution in [0, 0.1) is 6.92 Å². The van der Waals surface area contributed by atoms with Gasteiger partial charge in [0, 0.05) is 13.1 Å². The number of sulfonamides is 1. The lowest BCUT2D eigenvalue weighted by Gasteiger charge is -2.09. The van der Waals surface area contributed by atoms with E-state index in [1.54, 1.807) is 21.1 Å². The van der Waals surface area contributed by atoms with Gasteiger partial charge in [0.05, 0.1) is 5.69 Å². The Morgan fingerprint density at radius 1 is 1.19 bits per heavy atom. The number of hydrogen-bond acceptors (Lipinski definition) is 4. The molecule has 0 spiro atoms. The fraction of sp³-hybridized carbons (Fsp3) is 0.467.